The molecule has 30 heavy (non-hydrogen) atoms. The molecule has 0 radical (unpaired) electrons. The van der Waals surface area contributed by atoms with Gasteiger partial charge < -0.3 is 19.5 Å². The molecule has 6 heteroatoms. The summed E-state index contributed by atoms with van der Waals surface area (Å²) in [6.07, 6.45) is 6.00. The molecule has 1 atom stereocenters. The zero-order valence-corrected chi connectivity index (χ0v) is 17.9. The molecule has 160 valence electrons. The number of ketones is 1. The first-order valence-corrected chi connectivity index (χ1v) is 10.7. The molecule has 1 N–H and O–H groups in total. The number of Topliss-reactive ketones (excluding diaryl/α,β-unsaturated/α-hetero) is 1. The summed E-state index contributed by atoms with van der Waals surface area (Å²) in [7, 11) is 3.18. The van der Waals surface area contributed by atoms with E-state index in [1.165, 1.54) is 0 Å². The van der Waals surface area contributed by atoms with E-state index < -0.39 is 5.92 Å². The Kier molecular flexibility index (Phi) is 5.84. The Bertz CT molecular complexity index is 924. The highest BCUT2D eigenvalue weighted by Crippen LogP contribution is 2.46. The highest BCUT2D eigenvalue weighted by Gasteiger charge is 2.41. The second-order valence-electron chi connectivity index (χ2n) is 8.19. The van der Waals surface area contributed by atoms with E-state index in [4.69, 9.17) is 14.2 Å². The molecule has 1 saturated carbocycles. The highest BCUT2D eigenvalue weighted by atomic mass is 16.5. The number of hydrogen-bond acceptors (Lipinski definition) is 6. The van der Waals surface area contributed by atoms with Crippen molar-refractivity contribution >= 4 is 11.8 Å². The van der Waals surface area contributed by atoms with Gasteiger partial charge >= 0.3 is 5.97 Å². The second kappa shape index (κ2) is 8.54. The zero-order chi connectivity index (χ0) is 21.3. The summed E-state index contributed by atoms with van der Waals surface area (Å²) in [6.45, 7) is 1.89. The predicted molar refractivity (Wildman–Crippen MR) is 112 cm³/mol. The number of nitrogens with one attached hydrogen (secondary N) is 1. The van der Waals surface area contributed by atoms with Gasteiger partial charge in [-0.25, -0.2) is 4.79 Å². The van der Waals surface area contributed by atoms with E-state index in [9.17, 15) is 9.59 Å². The van der Waals surface area contributed by atoms with Crippen LogP contribution in [0.25, 0.3) is 0 Å². The molecular formula is C24H29NO5. The molecule has 1 aliphatic heterocycles. The molecule has 1 fully saturated rings. The predicted octanol–water partition coefficient (Wildman–Crippen LogP) is 4.16. The van der Waals surface area contributed by atoms with Crippen molar-refractivity contribution < 1.29 is 23.8 Å². The van der Waals surface area contributed by atoms with E-state index in [0.29, 0.717) is 29.1 Å². The van der Waals surface area contributed by atoms with Crippen molar-refractivity contribution in [2.75, 3.05) is 14.2 Å². The molecule has 1 heterocycles. The molecule has 1 aromatic rings. The summed E-state index contributed by atoms with van der Waals surface area (Å²) in [4.78, 5) is 26.3. The average molecular weight is 411 g/mol. The summed E-state index contributed by atoms with van der Waals surface area (Å²) in [5.41, 5.74) is 3.59. The number of esters is 1. The summed E-state index contributed by atoms with van der Waals surface area (Å²) >= 11 is 0. The topological polar surface area (TPSA) is 73.9 Å². The fraction of sp³-hybridized carbons (Fsp3) is 0.500. The molecule has 2 aliphatic carbocycles. The number of carbonyl (C=O) groups is 2. The molecule has 0 aromatic heterocycles. The van der Waals surface area contributed by atoms with Gasteiger partial charge in [0.05, 0.1) is 25.7 Å². The Balaban J connectivity index is 1.81. The van der Waals surface area contributed by atoms with Gasteiger partial charge in [0.1, 0.15) is 17.6 Å². The molecule has 6 nitrogen and oxygen atoms in total. The molecule has 0 unspecified atom stereocenters. The molecule has 0 saturated heterocycles. The van der Waals surface area contributed by atoms with E-state index in [1.54, 1.807) is 20.3 Å². The van der Waals surface area contributed by atoms with Crippen molar-refractivity contribution in [3.05, 3.63) is 46.3 Å². The van der Waals surface area contributed by atoms with Crippen LogP contribution in [0.5, 0.6) is 11.5 Å². The first-order valence-electron chi connectivity index (χ1n) is 10.7. The summed E-state index contributed by atoms with van der Waals surface area (Å²) in [6, 6.07) is 5.51. The van der Waals surface area contributed by atoms with Crippen LogP contribution in [0.4, 0.5) is 0 Å². The fourth-order valence-electron chi connectivity index (χ4n) is 4.84. The number of hydrogen-bond donors (Lipinski definition) is 1. The minimum atomic E-state index is -0.510. The quantitative estimate of drug-likeness (QED) is 0.734. The van der Waals surface area contributed by atoms with Crippen molar-refractivity contribution in [1.82, 2.24) is 5.32 Å². The van der Waals surface area contributed by atoms with Crippen LogP contribution >= 0.6 is 0 Å². The maximum Gasteiger partial charge on any atom is 0.337 e. The Morgan fingerprint density at radius 1 is 1.07 bits per heavy atom. The minimum absolute atomic E-state index is 0.0475. The van der Waals surface area contributed by atoms with Crippen molar-refractivity contribution in [3.8, 4) is 11.5 Å². The number of rotatable bonds is 5. The average Bonchev–Trinajstić information content (AvgIpc) is 3.25. The molecule has 0 bridgehead atoms. The number of carbonyl (C=O) groups excluding carboxylic acids is 2. The van der Waals surface area contributed by atoms with Crippen molar-refractivity contribution in [1.29, 1.82) is 0 Å². The standard InChI is InChI=1S/C24H29NO5/c1-14-21(24(27)30-15-7-4-5-8-15)22(23-18(25-14)9-6-10-19(23)26)17-12-11-16(28-2)13-20(17)29-3/h11-13,15,22,25H,4-10H2,1-3H3/t22-/m0/s1. The lowest BCUT2D eigenvalue weighted by Crippen LogP contribution is -2.35. The Morgan fingerprint density at radius 2 is 1.83 bits per heavy atom. The molecule has 0 amide bonds. The Labute approximate surface area is 177 Å². The number of ether oxygens (including phenoxy) is 3. The third-order valence-electron chi connectivity index (χ3n) is 6.32. The van der Waals surface area contributed by atoms with Gasteiger partial charge in [-0.3, -0.25) is 4.79 Å². The lowest BCUT2D eigenvalue weighted by Gasteiger charge is -2.35. The summed E-state index contributed by atoms with van der Waals surface area (Å²) < 4.78 is 16.8. The largest absolute Gasteiger partial charge is 0.497 e. The van der Waals surface area contributed by atoms with Crippen LogP contribution in [0.15, 0.2) is 40.7 Å². The van der Waals surface area contributed by atoms with Crippen LogP contribution in [-0.4, -0.2) is 32.1 Å². The van der Waals surface area contributed by atoms with Gasteiger partial charge in [-0.2, -0.15) is 0 Å². The third kappa shape index (κ3) is 3.71. The van der Waals surface area contributed by atoms with E-state index in [0.717, 1.165) is 55.5 Å². The van der Waals surface area contributed by atoms with Crippen molar-refractivity contribution in [2.45, 2.75) is 63.9 Å². The van der Waals surface area contributed by atoms with Crippen LogP contribution in [0.1, 0.15) is 63.4 Å². The third-order valence-corrected chi connectivity index (χ3v) is 6.32. The lowest BCUT2D eigenvalue weighted by atomic mass is 9.75. The van der Waals surface area contributed by atoms with E-state index in [2.05, 4.69) is 5.32 Å². The van der Waals surface area contributed by atoms with Crippen molar-refractivity contribution in [3.63, 3.8) is 0 Å². The van der Waals surface area contributed by atoms with Gasteiger partial charge in [0.15, 0.2) is 5.78 Å². The van der Waals surface area contributed by atoms with Gasteiger partial charge in [-0.1, -0.05) is 6.07 Å². The zero-order valence-electron chi connectivity index (χ0n) is 17.9. The van der Waals surface area contributed by atoms with Gasteiger partial charge in [0.2, 0.25) is 0 Å². The van der Waals surface area contributed by atoms with Gasteiger partial charge in [-0.15, -0.1) is 0 Å². The van der Waals surface area contributed by atoms with E-state index in [1.807, 2.05) is 19.1 Å². The lowest BCUT2D eigenvalue weighted by molar-refractivity contribution is -0.144. The van der Waals surface area contributed by atoms with Crippen LogP contribution in [0.2, 0.25) is 0 Å². The fourth-order valence-corrected chi connectivity index (χ4v) is 4.84. The maximum atomic E-state index is 13.3. The molecule has 3 aliphatic rings. The van der Waals surface area contributed by atoms with Gasteiger partial charge in [-0.05, 0) is 51.5 Å². The second-order valence-corrected chi connectivity index (χ2v) is 8.19. The number of benzene rings is 1. The van der Waals surface area contributed by atoms with Gasteiger partial charge in [0.25, 0.3) is 0 Å². The van der Waals surface area contributed by atoms with E-state index >= 15 is 0 Å². The Morgan fingerprint density at radius 3 is 2.53 bits per heavy atom. The Hall–Kier alpha value is -2.76. The SMILES string of the molecule is COc1ccc([C@H]2C(C(=O)OC3CCCC3)=C(C)NC3=C2C(=O)CCC3)c(OC)c1. The van der Waals surface area contributed by atoms with E-state index in [-0.39, 0.29) is 17.9 Å². The maximum absolute atomic E-state index is 13.3. The van der Waals surface area contributed by atoms with Crippen LogP contribution in [-0.2, 0) is 14.3 Å². The molecule has 1 aromatic carbocycles. The monoisotopic (exact) mass is 411 g/mol. The van der Waals surface area contributed by atoms with Crippen molar-refractivity contribution in [2.24, 2.45) is 0 Å². The number of dihydropyridines is 1. The normalized spacial score (nSPS) is 22.0. The first-order chi connectivity index (χ1) is 14.5. The highest BCUT2D eigenvalue weighted by molar-refractivity contribution is 6.04. The number of methoxy groups -OCH3 is 2. The number of allylic oxidation sites excluding steroid dienone is 3. The molecule has 4 rings (SSSR count). The summed E-state index contributed by atoms with van der Waals surface area (Å²) in [5, 5.41) is 3.34. The summed E-state index contributed by atoms with van der Waals surface area (Å²) in [5.74, 6) is 0.462. The smallest absolute Gasteiger partial charge is 0.337 e. The molecular weight excluding hydrogens is 382 g/mol. The van der Waals surface area contributed by atoms with Crippen LogP contribution < -0.4 is 14.8 Å². The first kappa shape index (κ1) is 20.5. The van der Waals surface area contributed by atoms with Gasteiger partial charge in [0, 0.05) is 35.0 Å². The minimum Gasteiger partial charge on any atom is -0.497 e. The van der Waals surface area contributed by atoms with Crippen LogP contribution in [0, 0.1) is 0 Å². The van der Waals surface area contributed by atoms with Crippen LogP contribution in [0.3, 0.4) is 0 Å². The molecule has 0 spiro atoms.